The number of carbonyl (C=O) groups excluding carboxylic acids is 2. The van der Waals surface area contributed by atoms with Crippen molar-refractivity contribution in [3.8, 4) is 33.1 Å². The maximum absolute atomic E-state index is 12.7. The van der Waals surface area contributed by atoms with Gasteiger partial charge in [0.05, 0.1) is 7.11 Å². The summed E-state index contributed by atoms with van der Waals surface area (Å²) >= 11 is 1.38. The van der Waals surface area contributed by atoms with Crippen LogP contribution in [0.2, 0.25) is 0 Å². The number of thiophene rings is 1. The Balaban J connectivity index is 1.95. The first-order chi connectivity index (χ1) is 13.5. The number of hydrogen-bond donors (Lipinski definition) is 2. The lowest BCUT2D eigenvalue weighted by Gasteiger charge is -2.12. The average Bonchev–Trinajstić information content (AvgIpc) is 3.17. The van der Waals surface area contributed by atoms with Crippen molar-refractivity contribution in [2.75, 3.05) is 7.11 Å². The van der Waals surface area contributed by atoms with Crippen LogP contribution in [0.5, 0.6) is 11.5 Å². The molecule has 3 aromatic rings. The summed E-state index contributed by atoms with van der Waals surface area (Å²) in [5, 5.41) is 21.9. The number of methoxy groups -OCH3 is 1. The standard InChI is InChI=1S/C22H20O5S/c1-27-20(26)7-3-5-18(24)17-12-13-28-22(17)21-16(4-2-6-19(21)25)14-8-10-15(23)11-9-14/h2,4,6,8-13,23,25H,3,5,7H2,1H3. The quantitative estimate of drug-likeness (QED) is 0.433. The Morgan fingerprint density at radius 3 is 2.46 bits per heavy atom. The molecule has 6 heteroatoms. The molecule has 0 saturated carbocycles. The van der Waals surface area contributed by atoms with E-state index in [4.69, 9.17) is 0 Å². The topological polar surface area (TPSA) is 83.8 Å². The maximum atomic E-state index is 12.7. The van der Waals surface area contributed by atoms with E-state index >= 15 is 0 Å². The van der Waals surface area contributed by atoms with Crippen LogP contribution in [0, 0.1) is 0 Å². The van der Waals surface area contributed by atoms with Crippen LogP contribution in [0.1, 0.15) is 29.6 Å². The van der Waals surface area contributed by atoms with E-state index in [9.17, 15) is 19.8 Å². The number of aromatic hydroxyl groups is 2. The Bertz CT molecular complexity index is 988. The van der Waals surface area contributed by atoms with Crippen LogP contribution in [0.15, 0.2) is 53.9 Å². The Morgan fingerprint density at radius 2 is 1.75 bits per heavy atom. The van der Waals surface area contributed by atoms with Gasteiger partial charge in [-0.3, -0.25) is 9.59 Å². The Kier molecular flexibility index (Phi) is 6.11. The molecule has 0 radical (unpaired) electrons. The molecule has 0 saturated heterocycles. The zero-order valence-electron chi connectivity index (χ0n) is 15.3. The Labute approximate surface area is 166 Å². The third-order valence-corrected chi connectivity index (χ3v) is 5.36. The highest BCUT2D eigenvalue weighted by molar-refractivity contribution is 7.14. The summed E-state index contributed by atoms with van der Waals surface area (Å²) in [6.07, 6.45) is 0.824. The monoisotopic (exact) mass is 396 g/mol. The minimum atomic E-state index is -0.339. The molecule has 0 fully saturated rings. The zero-order valence-corrected chi connectivity index (χ0v) is 16.2. The third kappa shape index (κ3) is 4.23. The van der Waals surface area contributed by atoms with Crippen LogP contribution in [-0.2, 0) is 9.53 Å². The zero-order chi connectivity index (χ0) is 20.1. The fourth-order valence-electron chi connectivity index (χ4n) is 3.01. The highest BCUT2D eigenvalue weighted by Gasteiger charge is 2.20. The lowest BCUT2D eigenvalue weighted by atomic mass is 9.94. The fraction of sp³-hybridized carbons (Fsp3) is 0.182. The van der Waals surface area contributed by atoms with Gasteiger partial charge in [-0.05, 0) is 47.2 Å². The van der Waals surface area contributed by atoms with Gasteiger partial charge in [0, 0.05) is 28.8 Å². The predicted molar refractivity (Wildman–Crippen MR) is 109 cm³/mol. The molecular formula is C22H20O5S. The van der Waals surface area contributed by atoms with Crippen LogP contribution in [0.3, 0.4) is 0 Å². The normalized spacial score (nSPS) is 10.6. The molecule has 0 aliphatic heterocycles. The smallest absolute Gasteiger partial charge is 0.305 e. The van der Waals surface area contributed by atoms with Gasteiger partial charge in [0.2, 0.25) is 0 Å². The third-order valence-electron chi connectivity index (χ3n) is 4.43. The summed E-state index contributed by atoms with van der Waals surface area (Å²) in [6.45, 7) is 0. The van der Waals surface area contributed by atoms with Crippen LogP contribution >= 0.6 is 11.3 Å². The van der Waals surface area contributed by atoms with Crippen molar-refractivity contribution in [2.24, 2.45) is 0 Å². The molecule has 0 unspecified atom stereocenters. The van der Waals surface area contributed by atoms with E-state index in [-0.39, 0.29) is 36.1 Å². The average molecular weight is 396 g/mol. The molecule has 1 aromatic heterocycles. The SMILES string of the molecule is COC(=O)CCCC(=O)c1ccsc1-c1c(O)cccc1-c1ccc(O)cc1. The first-order valence-electron chi connectivity index (χ1n) is 8.80. The summed E-state index contributed by atoms with van der Waals surface area (Å²) in [6, 6.07) is 13.6. The number of phenolic OH excluding ortho intramolecular Hbond substituents is 2. The molecule has 2 aromatic carbocycles. The first-order valence-corrected chi connectivity index (χ1v) is 9.68. The van der Waals surface area contributed by atoms with Crippen molar-refractivity contribution in [1.29, 1.82) is 0 Å². The number of benzene rings is 2. The number of Topliss-reactive ketones (excluding diaryl/α,β-unsaturated/α-hetero) is 1. The lowest BCUT2D eigenvalue weighted by Crippen LogP contribution is -2.04. The molecule has 0 bridgehead atoms. The van der Waals surface area contributed by atoms with Crippen LogP contribution in [0.4, 0.5) is 0 Å². The molecule has 0 aliphatic rings. The Morgan fingerprint density at radius 1 is 1.00 bits per heavy atom. The number of phenols is 2. The van der Waals surface area contributed by atoms with Gasteiger partial charge in [-0.15, -0.1) is 11.3 Å². The molecule has 5 nitrogen and oxygen atoms in total. The summed E-state index contributed by atoms with van der Waals surface area (Å²) in [5.74, 6) is -0.187. The van der Waals surface area contributed by atoms with Gasteiger partial charge in [-0.1, -0.05) is 24.3 Å². The number of ketones is 1. The summed E-state index contributed by atoms with van der Waals surface area (Å²) in [4.78, 5) is 24.7. The van der Waals surface area contributed by atoms with Crippen LogP contribution in [-0.4, -0.2) is 29.1 Å². The molecule has 0 amide bonds. The van der Waals surface area contributed by atoms with Crippen molar-refractivity contribution in [2.45, 2.75) is 19.3 Å². The van der Waals surface area contributed by atoms with Gasteiger partial charge in [0.25, 0.3) is 0 Å². The molecule has 0 spiro atoms. The summed E-state index contributed by atoms with van der Waals surface area (Å²) in [5.41, 5.74) is 2.70. The summed E-state index contributed by atoms with van der Waals surface area (Å²) < 4.78 is 4.61. The van der Waals surface area contributed by atoms with E-state index < -0.39 is 0 Å². The Hall–Kier alpha value is -3.12. The predicted octanol–water partition coefficient (Wildman–Crippen LogP) is 5.02. The molecule has 1 heterocycles. The van der Waals surface area contributed by atoms with Crippen molar-refractivity contribution in [3.63, 3.8) is 0 Å². The highest BCUT2D eigenvalue weighted by atomic mass is 32.1. The minimum absolute atomic E-state index is 0.0802. The maximum Gasteiger partial charge on any atom is 0.305 e. The van der Waals surface area contributed by atoms with E-state index in [1.54, 1.807) is 42.5 Å². The van der Waals surface area contributed by atoms with Gasteiger partial charge in [0.15, 0.2) is 5.78 Å². The van der Waals surface area contributed by atoms with Crippen LogP contribution in [0.25, 0.3) is 21.6 Å². The van der Waals surface area contributed by atoms with E-state index in [1.807, 2.05) is 11.4 Å². The minimum Gasteiger partial charge on any atom is -0.508 e. The van der Waals surface area contributed by atoms with E-state index in [1.165, 1.54) is 18.4 Å². The first kappa shape index (κ1) is 19.6. The molecule has 28 heavy (non-hydrogen) atoms. The fourth-order valence-corrected chi connectivity index (χ4v) is 3.99. The van der Waals surface area contributed by atoms with E-state index in [2.05, 4.69) is 4.74 Å². The molecule has 0 atom stereocenters. The second-order valence-electron chi connectivity index (χ2n) is 6.26. The number of esters is 1. The molecule has 144 valence electrons. The second kappa shape index (κ2) is 8.71. The second-order valence-corrected chi connectivity index (χ2v) is 7.18. The van der Waals surface area contributed by atoms with Crippen molar-refractivity contribution >= 4 is 23.1 Å². The van der Waals surface area contributed by atoms with Gasteiger partial charge in [-0.2, -0.15) is 0 Å². The van der Waals surface area contributed by atoms with Crippen LogP contribution < -0.4 is 0 Å². The summed E-state index contributed by atoms with van der Waals surface area (Å²) in [7, 11) is 1.32. The number of rotatable bonds is 7. The highest BCUT2D eigenvalue weighted by Crippen LogP contribution is 2.43. The van der Waals surface area contributed by atoms with E-state index in [0.29, 0.717) is 22.4 Å². The van der Waals surface area contributed by atoms with E-state index in [0.717, 1.165) is 11.1 Å². The van der Waals surface area contributed by atoms with Crippen molar-refractivity contribution in [1.82, 2.24) is 0 Å². The number of carbonyl (C=O) groups is 2. The molecular weight excluding hydrogens is 376 g/mol. The van der Waals surface area contributed by atoms with Gasteiger partial charge in [-0.25, -0.2) is 0 Å². The molecule has 3 rings (SSSR count). The largest absolute Gasteiger partial charge is 0.508 e. The number of ether oxygens (including phenoxy) is 1. The molecule has 0 aliphatic carbocycles. The van der Waals surface area contributed by atoms with Crippen molar-refractivity contribution < 1.29 is 24.5 Å². The van der Waals surface area contributed by atoms with Crippen molar-refractivity contribution in [3.05, 3.63) is 59.5 Å². The molecule has 2 N–H and O–H groups in total. The van der Waals surface area contributed by atoms with Gasteiger partial charge >= 0.3 is 5.97 Å². The van der Waals surface area contributed by atoms with Gasteiger partial charge in [0.1, 0.15) is 11.5 Å². The number of hydrogen-bond acceptors (Lipinski definition) is 6. The van der Waals surface area contributed by atoms with Gasteiger partial charge < -0.3 is 14.9 Å². The lowest BCUT2D eigenvalue weighted by molar-refractivity contribution is -0.140.